The monoisotopic (exact) mass is 428 g/mol. The van der Waals surface area contributed by atoms with E-state index in [0.29, 0.717) is 23.0 Å². The van der Waals surface area contributed by atoms with Crippen molar-refractivity contribution in [1.82, 2.24) is 19.7 Å². The smallest absolute Gasteiger partial charge is 0.257 e. The Morgan fingerprint density at radius 2 is 1.72 bits per heavy atom. The van der Waals surface area contributed by atoms with Gasteiger partial charge in [-0.25, -0.2) is 9.97 Å². The van der Waals surface area contributed by atoms with Crippen molar-refractivity contribution in [2.45, 2.75) is 34.6 Å². The summed E-state index contributed by atoms with van der Waals surface area (Å²) in [6.45, 7) is 9.40. The van der Waals surface area contributed by atoms with Crippen LogP contribution >= 0.6 is 0 Å². The average molecular weight is 428 g/mol. The number of fused-ring (bicyclic) bond motifs is 1. The third-order valence-electron chi connectivity index (χ3n) is 5.06. The van der Waals surface area contributed by atoms with Crippen molar-refractivity contribution in [2.75, 3.05) is 10.6 Å². The molecular formula is C24H24N6O2. The first-order valence-electron chi connectivity index (χ1n) is 10.2. The number of aryl methyl sites for hydroxylation is 4. The standard InChI is InChI=1S/C24H24N6O2/c1-13-8-15(3)23-19(9-13)14(2)10-21(27-23)30-22(11-16(4)29-30)28-24(32)18-6-7-25-20(12-18)26-17(5)31/h6-12H,1-5H3,(H,28,32)(H,25,26,31). The van der Waals surface area contributed by atoms with E-state index < -0.39 is 0 Å². The van der Waals surface area contributed by atoms with E-state index in [-0.39, 0.29) is 11.8 Å². The number of carbonyl (C=O) groups is 2. The van der Waals surface area contributed by atoms with E-state index in [9.17, 15) is 9.59 Å². The molecule has 2 N–H and O–H groups in total. The highest BCUT2D eigenvalue weighted by molar-refractivity contribution is 6.04. The molecule has 4 rings (SSSR count). The molecule has 8 heteroatoms. The molecule has 162 valence electrons. The summed E-state index contributed by atoms with van der Waals surface area (Å²) < 4.78 is 1.63. The van der Waals surface area contributed by atoms with Gasteiger partial charge in [0.05, 0.1) is 11.2 Å². The predicted molar refractivity (Wildman–Crippen MR) is 124 cm³/mol. The Labute approximate surface area is 185 Å². The zero-order valence-corrected chi connectivity index (χ0v) is 18.6. The fraction of sp³-hybridized carbons (Fsp3) is 0.208. The molecule has 3 aromatic heterocycles. The highest BCUT2D eigenvalue weighted by Gasteiger charge is 2.16. The number of anilines is 2. The van der Waals surface area contributed by atoms with E-state index in [1.165, 1.54) is 24.8 Å². The van der Waals surface area contributed by atoms with Crippen LogP contribution in [0.25, 0.3) is 16.7 Å². The van der Waals surface area contributed by atoms with Crippen LogP contribution in [0.5, 0.6) is 0 Å². The normalized spacial score (nSPS) is 10.9. The molecule has 0 aliphatic carbocycles. The maximum Gasteiger partial charge on any atom is 0.257 e. The maximum atomic E-state index is 12.9. The van der Waals surface area contributed by atoms with Crippen LogP contribution < -0.4 is 10.6 Å². The third kappa shape index (κ3) is 4.20. The van der Waals surface area contributed by atoms with Crippen LogP contribution in [0.15, 0.2) is 42.6 Å². The summed E-state index contributed by atoms with van der Waals surface area (Å²) in [6.07, 6.45) is 1.47. The van der Waals surface area contributed by atoms with Gasteiger partial charge in [0.15, 0.2) is 5.82 Å². The largest absolute Gasteiger partial charge is 0.311 e. The molecule has 0 atom stereocenters. The molecule has 32 heavy (non-hydrogen) atoms. The van der Waals surface area contributed by atoms with Crippen LogP contribution in [0.2, 0.25) is 0 Å². The van der Waals surface area contributed by atoms with Gasteiger partial charge in [0.25, 0.3) is 5.91 Å². The van der Waals surface area contributed by atoms with Crippen LogP contribution in [-0.2, 0) is 4.79 Å². The minimum atomic E-state index is -0.343. The first kappa shape index (κ1) is 21.2. The van der Waals surface area contributed by atoms with E-state index in [0.717, 1.165) is 27.7 Å². The number of benzene rings is 1. The van der Waals surface area contributed by atoms with Gasteiger partial charge in [0, 0.05) is 30.1 Å². The average Bonchev–Trinajstić information content (AvgIpc) is 3.08. The highest BCUT2D eigenvalue weighted by atomic mass is 16.2. The zero-order valence-electron chi connectivity index (χ0n) is 18.6. The van der Waals surface area contributed by atoms with Crippen molar-refractivity contribution in [1.29, 1.82) is 0 Å². The molecule has 0 aliphatic rings. The quantitative estimate of drug-likeness (QED) is 0.506. The lowest BCUT2D eigenvalue weighted by Gasteiger charge is -2.12. The number of carbonyl (C=O) groups excluding carboxylic acids is 2. The predicted octanol–water partition coefficient (Wildman–Crippen LogP) is 4.26. The molecule has 0 bridgehead atoms. The summed E-state index contributed by atoms with van der Waals surface area (Å²) in [5, 5.41) is 11.1. The lowest BCUT2D eigenvalue weighted by atomic mass is 10.0. The molecule has 0 saturated heterocycles. The van der Waals surface area contributed by atoms with Crippen LogP contribution in [0.3, 0.4) is 0 Å². The fourth-order valence-corrected chi connectivity index (χ4v) is 3.71. The second kappa shape index (κ2) is 8.22. The van der Waals surface area contributed by atoms with E-state index >= 15 is 0 Å². The zero-order chi connectivity index (χ0) is 23.0. The highest BCUT2D eigenvalue weighted by Crippen LogP contribution is 2.26. The number of rotatable bonds is 4. The van der Waals surface area contributed by atoms with Gasteiger partial charge in [-0.15, -0.1) is 0 Å². The second-order valence-corrected chi connectivity index (χ2v) is 7.92. The molecule has 4 aromatic rings. The SMILES string of the molecule is CC(=O)Nc1cc(C(=O)Nc2cc(C)nn2-c2cc(C)c3cc(C)cc(C)c3n2)ccn1. The Balaban J connectivity index is 1.71. The van der Waals surface area contributed by atoms with Crippen LogP contribution in [0.4, 0.5) is 11.6 Å². The third-order valence-corrected chi connectivity index (χ3v) is 5.06. The van der Waals surface area contributed by atoms with E-state index in [2.05, 4.69) is 39.8 Å². The van der Waals surface area contributed by atoms with Gasteiger partial charge >= 0.3 is 0 Å². The van der Waals surface area contributed by atoms with Crippen molar-refractivity contribution in [3.8, 4) is 5.82 Å². The number of aromatic nitrogens is 4. The molecule has 0 radical (unpaired) electrons. The Hall–Kier alpha value is -4.07. The molecule has 0 spiro atoms. The minimum absolute atomic E-state index is 0.257. The number of hydrogen-bond donors (Lipinski definition) is 2. The van der Waals surface area contributed by atoms with Crippen molar-refractivity contribution in [3.63, 3.8) is 0 Å². The van der Waals surface area contributed by atoms with Gasteiger partial charge < -0.3 is 10.6 Å². The lowest BCUT2D eigenvalue weighted by molar-refractivity contribution is -0.114. The number of amides is 2. The van der Waals surface area contributed by atoms with E-state index in [1.54, 1.807) is 16.8 Å². The molecule has 0 saturated carbocycles. The summed E-state index contributed by atoms with van der Waals surface area (Å²) in [5.74, 6) is 0.837. The molecule has 8 nitrogen and oxygen atoms in total. The summed E-state index contributed by atoms with van der Waals surface area (Å²) in [5.41, 5.74) is 5.37. The van der Waals surface area contributed by atoms with Gasteiger partial charge in [-0.05, 0) is 63.1 Å². The number of hydrogen-bond acceptors (Lipinski definition) is 5. The molecule has 0 aliphatic heterocycles. The number of pyridine rings is 2. The fourth-order valence-electron chi connectivity index (χ4n) is 3.71. The molecule has 1 aromatic carbocycles. The summed E-state index contributed by atoms with van der Waals surface area (Å²) in [7, 11) is 0. The van der Waals surface area contributed by atoms with Gasteiger partial charge in [-0.2, -0.15) is 9.78 Å². The lowest BCUT2D eigenvalue weighted by Crippen LogP contribution is -2.16. The van der Waals surface area contributed by atoms with Crippen LogP contribution in [0, 0.1) is 27.7 Å². The Bertz CT molecular complexity index is 1370. The first-order valence-corrected chi connectivity index (χ1v) is 10.2. The molecule has 3 heterocycles. The summed E-state index contributed by atoms with van der Waals surface area (Å²) in [4.78, 5) is 33.1. The molecule has 0 unspecified atom stereocenters. The van der Waals surface area contributed by atoms with Crippen molar-refractivity contribution in [2.24, 2.45) is 0 Å². The molecular weight excluding hydrogens is 404 g/mol. The van der Waals surface area contributed by atoms with Crippen molar-refractivity contribution < 1.29 is 9.59 Å². The molecule has 2 amide bonds. The van der Waals surface area contributed by atoms with E-state index in [1.807, 2.05) is 26.8 Å². The Morgan fingerprint density at radius 3 is 2.47 bits per heavy atom. The van der Waals surface area contributed by atoms with Gasteiger partial charge in [0.1, 0.15) is 11.6 Å². The topological polar surface area (TPSA) is 102 Å². The van der Waals surface area contributed by atoms with E-state index in [4.69, 9.17) is 4.98 Å². The van der Waals surface area contributed by atoms with Gasteiger partial charge in [0.2, 0.25) is 5.91 Å². The summed E-state index contributed by atoms with van der Waals surface area (Å²) >= 11 is 0. The van der Waals surface area contributed by atoms with Crippen molar-refractivity contribution >= 4 is 34.4 Å². The van der Waals surface area contributed by atoms with Crippen molar-refractivity contribution in [3.05, 3.63) is 70.5 Å². The molecule has 0 fully saturated rings. The van der Waals surface area contributed by atoms with Gasteiger partial charge in [-0.1, -0.05) is 11.6 Å². The maximum absolute atomic E-state index is 12.9. The van der Waals surface area contributed by atoms with Crippen LogP contribution in [0.1, 0.15) is 39.7 Å². The minimum Gasteiger partial charge on any atom is -0.311 e. The second-order valence-electron chi connectivity index (χ2n) is 7.92. The first-order chi connectivity index (χ1) is 15.2. The number of nitrogens with one attached hydrogen (secondary N) is 2. The Morgan fingerprint density at radius 1 is 0.938 bits per heavy atom. The Kier molecular flexibility index (Phi) is 5.44. The van der Waals surface area contributed by atoms with Crippen LogP contribution in [-0.4, -0.2) is 31.6 Å². The summed E-state index contributed by atoms with van der Waals surface area (Å²) in [6, 6.07) is 11.1. The number of nitrogens with zero attached hydrogens (tertiary/aromatic N) is 4. The van der Waals surface area contributed by atoms with Gasteiger partial charge in [-0.3, -0.25) is 9.59 Å².